The van der Waals surface area contributed by atoms with Crippen molar-refractivity contribution in [1.29, 1.82) is 0 Å². The molecule has 1 aliphatic heterocycles. The van der Waals surface area contributed by atoms with Crippen LogP contribution >= 0.6 is 0 Å². The molecule has 0 N–H and O–H groups in total. The molecule has 1 atom stereocenters. The van der Waals surface area contributed by atoms with E-state index in [0.29, 0.717) is 13.2 Å². The molecule has 3 heteroatoms. The smallest absolute Gasteiger partial charge is 0.246 e. The maximum Gasteiger partial charge on any atom is 0.246 e. The van der Waals surface area contributed by atoms with E-state index in [-0.39, 0.29) is 0 Å². The molecule has 1 fully saturated rings. The molecule has 0 bridgehead atoms. The van der Waals surface area contributed by atoms with Crippen molar-refractivity contribution in [1.82, 2.24) is 0 Å². The van der Waals surface area contributed by atoms with Crippen LogP contribution in [0.2, 0.25) is 0 Å². The Bertz CT molecular complexity index is 302. The monoisotopic (exact) mass is 192 g/mol. The van der Waals surface area contributed by atoms with E-state index in [1.54, 1.807) is 6.08 Å². The van der Waals surface area contributed by atoms with Gasteiger partial charge < -0.3 is 4.74 Å². The zero-order valence-corrected chi connectivity index (χ0v) is 7.81. The van der Waals surface area contributed by atoms with Crippen molar-refractivity contribution in [3.63, 3.8) is 0 Å². The molecule has 1 heterocycles. The average molecular weight is 192 g/mol. The van der Waals surface area contributed by atoms with E-state index in [9.17, 15) is 0 Å². The summed E-state index contributed by atoms with van der Waals surface area (Å²) in [5.74, 6) is -0.945. The van der Waals surface area contributed by atoms with Crippen LogP contribution < -0.4 is 0 Å². The summed E-state index contributed by atoms with van der Waals surface area (Å²) in [5.41, 5.74) is 0.884. The Morgan fingerprint density at radius 3 is 2.57 bits per heavy atom. The lowest BCUT2D eigenvalue weighted by molar-refractivity contribution is -0.456. The minimum Gasteiger partial charge on any atom is -0.338 e. The quantitative estimate of drug-likeness (QED) is 0.530. The fourth-order valence-electron chi connectivity index (χ4n) is 1.39. The number of hydrogen-bond acceptors (Lipinski definition) is 3. The van der Waals surface area contributed by atoms with Crippen LogP contribution in [0.4, 0.5) is 0 Å². The Morgan fingerprint density at radius 1 is 1.21 bits per heavy atom. The van der Waals surface area contributed by atoms with Crippen molar-refractivity contribution in [3.8, 4) is 0 Å². The van der Waals surface area contributed by atoms with E-state index in [1.165, 1.54) is 0 Å². The van der Waals surface area contributed by atoms with Crippen LogP contribution in [0, 0.1) is 0 Å². The second-order valence-corrected chi connectivity index (χ2v) is 2.99. The Balaban J connectivity index is 2.32. The summed E-state index contributed by atoms with van der Waals surface area (Å²) in [4.78, 5) is 10.1. The van der Waals surface area contributed by atoms with Gasteiger partial charge in [0.25, 0.3) is 0 Å². The van der Waals surface area contributed by atoms with Gasteiger partial charge in [-0.1, -0.05) is 36.9 Å². The molecular formula is C11H12O3. The van der Waals surface area contributed by atoms with Crippen molar-refractivity contribution >= 4 is 0 Å². The largest absolute Gasteiger partial charge is 0.338 e. The lowest BCUT2D eigenvalue weighted by atomic mass is 10.1. The minimum absolute atomic E-state index is 0.447. The highest BCUT2D eigenvalue weighted by Gasteiger charge is 2.35. The molecule has 2 rings (SSSR count). The van der Waals surface area contributed by atoms with E-state index >= 15 is 0 Å². The molecule has 0 radical (unpaired) electrons. The zero-order chi connectivity index (χ0) is 9.86. The SMILES string of the molecule is C=CC1(c2ccccc2)OCCOO1. The van der Waals surface area contributed by atoms with Gasteiger partial charge in [0.1, 0.15) is 6.61 Å². The highest BCUT2D eigenvalue weighted by Crippen LogP contribution is 2.30. The summed E-state index contributed by atoms with van der Waals surface area (Å²) in [6.45, 7) is 4.65. The minimum atomic E-state index is -0.945. The summed E-state index contributed by atoms with van der Waals surface area (Å²) in [6.07, 6.45) is 1.60. The molecule has 74 valence electrons. The van der Waals surface area contributed by atoms with Crippen LogP contribution in [0.1, 0.15) is 5.56 Å². The Hall–Kier alpha value is -1.16. The standard InChI is InChI=1S/C11H12O3/c1-2-11(12-8-9-13-14-11)10-6-4-3-5-7-10/h2-7H,1,8-9H2. The average Bonchev–Trinajstić information content (AvgIpc) is 2.31. The highest BCUT2D eigenvalue weighted by atomic mass is 17.2. The third-order valence-corrected chi connectivity index (χ3v) is 2.11. The molecule has 0 saturated carbocycles. The van der Waals surface area contributed by atoms with Gasteiger partial charge in [0.2, 0.25) is 5.79 Å². The molecule has 1 aromatic carbocycles. The second kappa shape index (κ2) is 3.92. The summed E-state index contributed by atoms with van der Waals surface area (Å²) in [6, 6.07) is 9.60. The number of rotatable bonds is 2. The highest BCUT2D eigenvalue weighted by molar-refractivity contribution is 5.24. The molecule has 0 aromatic heterocycles. The molecule has 0 amide bonds. The Kier molecular flexibility index (Phi) is 2.63. The van der Waals surface area contributed by atoms with Gasteiger partial charge >= 0.3 is 0 Å². The van der Waals surface area contributed by atoms with Crippen molar-refractivity contribution in [2.24, 2.45) is 0 Å². The number of hydrogen-bond donors (Lipinski definition) is 0. The topological polar surface area (TPSA) is 27.7 Å². The van der Waals surface area contributed by atoms with E-state index in [2.05, 4.69) is 6.58 Å². The fraction of sp³-hybridized carbons (Fsp3) is 0.273. The van der Waals surface area contributed by atoms with Gasteiger partial charge in [0.15, 0.2) is 0 Å². The Labute approximate surface area is 82.8 Å². The van der Waals surface area contributed by atoms with Gasteiger partial charge in [-0.15, -0.1) is 0 Å². The second-order valence-electron chi connectivity index (χ2n) is 2.99. The van der Waals surface area contributed by atoms with Gasteiger partial charge in [-0.05, 0) is 6.08 Å². The first kappa shape index (κ1) is 9.40. The molecule has 3 nitrogen and oxygen atoms in total. The fourth-order valence-corrected chi connectivity index (χ4v) is 1.39. The first-order valence-electron chi connectivity index (χ1n) is 4.51. The molecule has 1 aromatic rings. The van der Waals surface area contributed by atoms with Gasteiger partial charge in [0.05, 0.1) is 6.61 Å². The van der Waals surface area contributed by atoms with Crippen molar-refractivity contribution in [3.05, 3.63) is 48.6 Å². The summed E-state index contributed by atoms with van der Waals surface area (Å²) in [7, 11) is 0. The normalized spacial score (nSPS) is 27.1. The van der Waals surface area contributed by atoms with E-state index < -0.39 is 5.79 Å². The van der Waals surface area contributed by atoms with E-state index in [4.69, 9.17) is 14.5 Å². The zero-order valence-electron chi connectivity index (χ0n) is 7.81. The molecule has 1 unspecified atom stereocenters. The molecule has 14 heavy (non-hydrogen) atoms. The van der Waals surface area contributed by atoms with Crippen LogP contribution in [0.25, 0.3) is 0 Å². The maximum atomic E-state index is 5.54. The van der Waals surface area contributed by atoms with Crippen LogP contribution in [-0.4, -0.2) is 13.2 Å². The van der Waals surface area contributed by atoms with Crippen LogP contribution in [0.3, 0.4) is 0 Å². The first-order chi connectivity index (χ1) is 6.87. The van der Waals surface area contributed by atoms with Gasteiger partial charge in [-0.3, -0.25) is 0 Å². The lowest BCUT2D eigenvalue weighted by Gasteiger charge is -2.32. The predicted octanol–water partition coefficient (Wildman–Crippen LogP) is 2.00. The van der Waals surface area contributed by atoms with Crippen molar-refractivity contribution < 1.29 is 14.5 Å². The lowest BCUT2D eigenvalue weighted by Crippen LogP contribution is -2.36. The molecule has 0 spiro atoms. The summed E-state index contributed by atoms with van der Waals surface area (Å²) >= 11 is 0. The maximum absolute atomic E-state index is 5.54. The van der Waals surface area contributed by atoms with E-state index in [0.717, 1.165) is 5.56 Å². The predicted molar refractivity (Wildman–Crippen MR) is 51.3 cm³/mol. The summed E-state index contributed by atoms with van der Waals surface area (Å²) < 4.78 is 5.54. The molecule has 1 saturated heterocycles. The Morgan fingerprint density at radius 2 is 2.00 bits per heavy atom. The van der Waals surface area contributed by atoms with Crippen LogP contribution in [-0.2, 0) is 20.3 Å². The van der Waals surface area contributed by atoms with Crippen molar-refractivity contribution in [2.45, 2.75) is 5.79 Å². The number of ether oxygens (including phenoxy) is 1. The van der Waals surface area contributed by atoms with Crippen molar-refractivity contribution in [2.75, 3.05) is 13.2 Å². The van der Waals surface area contributed by atoms with Crippen LogP contribution in [0.15, 0.2) is 43.0 Å². The van der Waals surface area contributed by atoms with Gasteiger partial charge in [-0.2, -0.15) is 4.89 Å². The summed E-state index contributed by atoms with van der Waals surface area (Å²) in [5, 5.41) is 0. The number of benzene rings is 1. The third-order valence-electron chi connectivity index (χ3n) is 2.11. The molecule has 1 aliphatic rings. The van der Waals surface area contributed by atoms with Gasteiger partial charge in [0, 0.05) is 5.56 Å². The molecule has 0 aliphatic carbocycles. The van der Waals surface area contributed by atoms with Crippen LogP contribution in [0.5, 0.6) is 0 Å². The van der Waals surface area contributed by atoms with E-state index in [1.807, 2.05) is 30.3 Å². The van der Waals surface area contributed by atoms with Gasteiger partial charge in [-0.25, -0.2) is 4.89 Å². The first-order valence-corrected chi connectivity index (χ1v) is 4.51. The third kappa shape index (κ3) is 1.57. The molecular weight excluding hydrogens is 180 g/mol.